The van der Waals surface area contributed by atoms with Gasteiger partial charge < -0.3 is 10.0 Å². The van der Waals surface area contributed by atoms with Crippen molar-refractivity contribution in [2.24, 2.45) is 11.8 Å². The van der Waals surface area contributed by atoms with Crippen molar-refractivity contribution in [3.8, 4) is 0 Å². The number of nitrogens with zero attached hydrogens (tertiary/aromatic N) is 1. The van der Waals surface area contributed by atoms with Crippen LogP contribution in [0.2, 0.25) is 0 Å². The molecule has 23 heavy (non-hydrogen) atoms. The topological polar surface area (TPSA) is 23.5 Å². The summed E-state index contributed by atoms with van der Waals surface area (Å²) in [6, 6.07) is 0. The quantitative estimate of drug-likeness (QED) is 0.800. The van der Waals surface area contributed by atoms with E-state index in [1.54, 1.807) is 12.2 Å². The Hall–Kier alpha value is -0.670. The van der Waals surface area contributed by atoms with Gasteiger partial charge in [-0.25, -0.2) is 4.39 Å². The van der Waals surface area contributed by atoms with Crippen LogP contribution in [-0.4, -0.2) is 35.2 Å². The average molecular weight is 321 g/mol. The van der Waals surface area contributed by atoms with Crippen LogP contribution in [0.1, 0.15) is 64.2 Å². The molecule has 2 fully saturated rings. The maximum Gasteiger partial charge on any atom is 0.118 e. The summed E-state index contributed by atoms with van der Waals surface area (Å²) in [5.74, 6) is 0.309. The van der Waals surface area contributed by atoms with Crippen molar-refractivity contribution in [1.29, 1.82) is 0 Å². The maximum atomic E-state index is 13.3. The van der Waals surface area contributed by atoms with Crippen LogP contribution in [0.25, 0.3) is 0 Å². The Balaban J connectivity index is 1.68. The normalized spacial score (nSPS) is 30.0. The first kappa shape index (κ1) is 17.2. The zero-order chi connectivity index (χ0) is 16.1. The molecule has 1 aliphatic heterocycles. The van der Waals surface area contributed by atoms with Gasteiger partial charge in [0, 0.05) is 12.5 Å². The molecule has 2 nitrogen and oxygen atoms in total. The molecule has 3 heteroatoms. The minimum Gasteiger partial charge on any atom is -0.389 e. The van der Waals surface area contributed by atoms with Gasteiger partial charge in [-0.3, -0.25) is 0 Å². The van der Waals surface area contributed by atoms with E-state index in [2.05, 4.69) is 4.90 Å². The Bertz CT molecular complexity index is 435. The highest BCUT2D eigenvalue weighted by molar-refractivity contribution is 5.20. The van der Waals surface area contributed by atoms with Gasteiger partial charge in [-0.05, 0) is 69.7 Å². The minimum atomic E-state index is -0.661. The number of allylic oxidation sites excluding steroid dienone is 3. The highest BCUT2D eigenvalue weighted by atomic mass is 19.1. The zero-order valence-corrected chi connectivity index (χ0v) is 14.4. The molecule has 0 amide bonds. The summed E-state index contributed by atoms with van der Waals surface area (Å²) in [6.07, 6.45) is 16.6. The second-order valence-electron chi connectivity index (χ2n) is 7.77. The molecular weight excluding hydrogens is 289 g/mol. The van der Waals surface area contributed by atoms with E-state index in [0.29, 0.717) is 12.3 Å². The monoisotopic (exact) mass is 321 g/mol. The standard InChI is InChI=1S/C20H32FNO/c21-19-11-9-18(10-12-19)20(23,17-7-3-1-4-8-17)13-16-22-14-5-2-6-15-22/h9,11-12,17-18,23H,1-8,10,13-16H2. The summed E-state index contributed by atoms with van der Waals surface area (Å²) < 4.78 is 13.3. The van der Waals surface area contributed by atoms with Gasteiger partial charge in [0.1, 0.15) is 5.83 Å². The molecule has 0 bridgehead atoms. The van der Waals surface area contributed by atoms with E-state index in [0.717, 1.165) is 25.8 Å². The smallest absolute Gasteiger partial charge is 0.118 e. The second kappa shape index (κ2) is 7.94. The molecule has 1 N–H and O–H groups in total. The number of aliphatic hydroxyl groups is 1. The van der Waals surface area contributed by atoms with E-state index in [9.17, 15) is 9.50 Å². The molecule has 0 aromatic carbocycles. The van der Waals surface area contributed by atoms with E-state index >= 15 is 0 Å². The minimum absolute atomic E-state index is 0.0786. The van der Waals surface area contributed by atoms with Crippen LogP contribution in [0.4, 0.5) is 4.39 Å². The summed E-state index contributed by atoms with van der Waals surface area (Å²) in [6.45, 7) is 3.34. The Morgan fingerprint density at radius 1 is 1.09 bits per heavy atom. The fourth-order valence-corrected chi connectivity index (χ4v) is 4.78. The van der Waals surface area contributed by atoms with Crippen molar-refractivity contribution in [2.75, 3.05) is 19.6 Å². The van der Waals surface area contributed by atoms with Gasteiger partial charge >= 0.3 is 0 Å². The third-order valence-corrected chi connectivity index (χ3v) is 6.29. The Morgan fingerprint density at radius 2 is 1.78 bits per heavy atom. The summed E-state index contributed by atoms with van der Waals surface area (Å²) in [5, 5.41) is 11.6. The first-order chi connectivity index (χ1) is 11.2. The first-order valence-corrected chi connectivity index (χ1v) is 9.67. The third-order valence-electron chi connectivity index (χ3n) is 6.29. The van der Waals surface area contributed by atoms with Gasteiger partial charge in [0.25, 0.3) is 0 Å². The fraction of sp³-hybridized carbons (Fsp3) is 0.800. The predicted molar refractivity (Wildman–Crippen MR) is 92.9 cm³/mol. The van der Waals surface area contributed by atoms with Gasteiger partial charge in [0.2, 0.25) is 0 Å². The van der Waals surface area contributed by atoms with Gasteiger partial charge in [-0.2, -0.15) is 0 Å². The van der Waals surface area contributed by atoms with Crippen LogP contribution >= 0.6 is 0 Å². The predicted octanol–water partition coefficient (Wildman–Crippen LogP) is 4.60. The molecule has 3 aliphatic rings. The number of piperidine rings is 1. The van der Waals surface area contributed by atoms with E-state index < -0.39 is 5.60 Å². The summed E-state index contributed by atoms with van der Waals surface area (Å²) >= 11 is 0. The van der Waals surface area contributed by atoms with Crippen LogP contribution < -0.4 is 0 Å². The van der Waals surface area contributed by atoms with E-state index in [1.807, 2.05) is 6.08 Å². The molecular formula is C20H32FNO. The number of halogens is 1. The average Bonchev–Trinajstić information content (AvgIpc) is 2.62. The Labute approximate surface area is 140 Å². The van der Waals surface area contributed by atoms with Gasteiger partial charge in [-0.1, -0.05) is 31.8 Å². The first-order valence-electron chi connectivity index (χ1n) is 9.67. The molecule has 1 heterocycles. The molecule has 0 aromatic rings. The van der Waals surface area contributed by atoms with Crippen molar-refractivity contribution in [2.45, 2.75) is 69.8 Å². The molecule has 0 aromatic heterocycles. The lowest BCUT2D eigenvalue weighted by Crippen LogP contribution is -2.48. The SMILES string of the molecule is OC(CCN1CCCCC1)(C1C=CC(F)=CC1)C1CCCCC1. The molecule has 1 saturated heterocycles. The molecule has 3 rings (SSSR count). The van der Waals surface area contributed by atoms with Crippen LogP contribution in [0.15, 0.2) is 24.1 Å². The Morgan fingerprint density at radius 3 is 2.43 bits per heavy atom. The van der Waals surface area contributed by atoms with Gasteiger partial charge in [0.05, 0.1) is 5.60 Å². The van der Waals surface area contributed by atoms with Crippen molar-refractivity contribution in [3.63, 3.8) is 0 Å². The number of hydrogen-bond donors (Lipinski definition) is 1. The summed E-state index contributed by atoms with van der Waals surface area (Å²) in [7, 11) is 0. The van der Waals surface area contributed by atoms with Crippen molar-refractivity contribution in [1.82, 2.24) is 4.90 Å². The van der Waals surface area contributed by atoms with E-state index in [1.165, 1.54) is 51.6 Å². The molecule has 0 spiro atoms. The van der Waals surface area contributed by atoms with Crippen LogP contribution in [-0.2, 0) is 0 Å². The van der Waals surface area contributed by atoms with Gasteiger partial charge in [0.15, 0.2) is 0 Å². The van der Waals surface area contributed by atoms with Crippen molar-refractivity contribution < 1.29 is 9.50 Å². The number of hydrogen-bond acceptors (Lipinski definition) is 2. The number of likely N-dealkylation sites (tertiary alicyclic amines) is 1. The van der Waals surface area contributed by atoms with Crippen molar-refractivity contribution in [3.05, 3.63) is 24.1 Å². The highest BCUT2D eigenvalue weighted by Crippen LogP contribution is 2.42. The van der Waals surface area contributed by atoms with E-state index in [4.69, 9.17) is 0 Å². The molecule has 2 atom stereocenters. The maximum absolute atomic E-state index is 13.3. The lowest BCUT2D eigenvalue weighted by atomic mass is 9.67. The number of rotatable bonds is 5. The molecule has 0 radical (unpaired) electrons. The molecule has 130 valence electrons. The van der Waals surface area contributed by atoms with E-state index in [-0.39, 0.29) is 11.7 Å². The van der Waals surface area contributed by atoms with Crippen LogP contribution in [0.3, 0.4) is 0 Å². The second-order valence-corrected chi connectivity index (χ2v) is 7.77. The van der Waals surface area contributed by atoms with Crippen LogP contribution in [0.5, 0.6) is 0 Å². The zero-order valence-electron chi connectivity index (χ0n) is 14.4. The Kier molecular flexibility index (Phi) is 5.92. The summed E-state index contributed by atoms with van der Waals surface area (Å²) in [5.41, 5.74) is -0.661. The fourth-order valence-electron chi connectivity index (χ4n) is 4.78. The molecule has 2 aliphatic carbocycles. The van der Waals surface area contributed by atoms with Crippen LogP contribution in [0, 0.1) is 11.8 Å². The van der Waals surface area contributed by atoms with Gasteiger partial charge in [-0.15, -0.1) is 0 Å². The molecule has 1 saturated carbocycles. The van der Waals surface area contributed by atoms with Crippen molar-refractivity contribution >= 4 is 0 Å². The largest absolute Gasteiger partial charge is 0.389 e. The third kappa shape index (κ3) is 4.24. The lowest BCUT2D eigenvalue weighted by Gasteiger charge is -2.44. The lowest BCUT2D eigenvalue weighted by molar-refractivity contribution is -0.0786. The highest BCUT2D eigenvalue weighted by Gasteiger charge is 2.43. The summed E-state index contributed by atoms with van der Waals surface area (Å²) in [4.78, 5) is 2.51. The molecule has 2 unspecified atom stereocenters.